The van der Waals surface area contributed by atoms with Gasteiger partial charge in [0.1, 0.15) is 10.7 Å². The second kappa shape index (κ2) is 3.86. The Balaban J connectivity index is 2.01. The largest absolute Gasteiger partial charge is 0.389 e. The molecule has 0 amide bonds. The van der Waals surface area contributed by atoms with Gasteiger partial charge in [-0.05, 0) is 25.0 Å². The fraction of sp³-hybridized carbons (Fsp3) is 0.250. The van der Waals surface area contributed by atoms with Crippen molar-refractivity contribution in [2.45, 2.75) is 18.8 Å². The quantitative estimate of drug-likeness (QED) is 0.908. The molecule has 82 valence electrons. The van der Waals surface area contributed by atoms with Gasteiger partial charge in [0.05, 0.1) is 5.01 Å². The number of rotatable bonds is 2. The van der Waals surface area contributed by atoms with Crippen molar-refractivity contribution in [1.82, 2.24) is 4.98 Å². The van der Waals surface area contributed by atoms with E-state index in [1.807, 2.05) is 24.3 Å². The fourth-order valence-corrected chi connectivity index (χ4v) is 2.96. The second-order valence-corrected chi connectivity index (χ2v) is 6.02. The Morgan fingerprint density at radius 3 is 2.56 bits per heavy atom. The molecule has 16 heavy (non-hydrogen) atoms. The number of nitrogen functional groups attached to an aromatic ring is 1. The summed E-state index contributed by atoms with van der Waals surface area (Å²) in [5.74, 6) is 0.677. The third-order valence-electron chi connectivity index (χ3n) is 2.71. The van der Waals surface area contributed by atoms with Crippen LogP contribution in [0.2, 0.25) is 0 Å². The van der Waals surface area contributed by atoms with E-state index in [0.717, 1.165) is 20.7 Å². The van der Waals surface area contributed by atoms with Crippen molar-refractivity contribution < 1.29 is 0 Å². The zero-order valence-electron chi connectivity index (χ0n) is 8.61. The van der Waals surface area contributed by atoms with Gasteiger partial charge in [0.25, 0.3) is 0 Å². The van der Waals surface area contributed by atoms with Gasteiger partial charge in [-0.1, -0.05) is 28.1 Å². The van der Waals surface area contributed by atoms with Crippen molar-refractivity contribution in [1.29, 1.82) is 0 Å². The summed E-state index contributed by atoms with van der Waals surface area (Å²) in [5, 5.41) is 2.04. The van der Waals surface area contributed by atoms with E-state index in [1.54, 1.807) is 11.3 Å². The van der Waals surface area contributed by atoms with Crippen LogP contribution in [0.5, 0.6) is 0 Å². The predicted octanol–water partition coefficient (Wildman–Crippen LogP) is 4.03. The first-order valence-electron chi connectivity index (χ1n) is 5.26. The summed E-state index contributed by atoms with van der Waals surface area (Å²) >= 11 is 5.06. The van der Waals surface area contributed by atoms with Gasteiger partial charge in [-0.2, -0.15) is 0 Å². The molecule has 1 aliphatic rings. The number of halogens is 1. The highest BCUT2D eigenvalue weighted by atomic mass is 79.9. The number of hydrogen-bond acceptors (Lipinski definition) is 3. The molecule has 1 aliphatic carbocycles. The number of nitrogens with zero attached hydrogens (tertiary/aromatic N) is 1. The van der Waals surface area contributed by atoms with Crippen molar-refractivity contribution in [2.24, 2.45) is 0 Å². The van der Waals surface area contributed by atoms with Crippen LogP contribution in [-0.2, 0) is 0 Å². The van der Waals surface area contributed by atoms with Crippen molar-refractivity contribution >= 4 is 32.3 Å². The summed E-state index contributed by atoms with van der Waals surface area (Å²) in [6, 6.07) is 8.13. The standard InChI is InChI=1S/C12H11BrN2S/c13-9-5-3-7(4-6-9)10-11(14)16-12(15-10)8-1-2-8/h3-6,8H,1-2,14H2. The van der Waals surface area contributed by atoms with Gasteiger partial charge in [0.2, 0.25) is 0 Å². The molecule has 3 rings (SSSR count). The number of benzene rings is 1. The highest BCUT2D eigenvalue weighted by Gasteiger charge is 2.28. The maximum absolute atomic E-state index is 6.02. The van der Waals surface area contributed by atoms with Crippen LogP contribution in [0, 0.1) is 0 Å². The molecule has 1 aromatic heterocycles. The highest BCUT2D eigenvalue weighted by Crippen LogP contribution is 2.45. The molecule has 0 bridgehead atoms. The van der Waals surface area contributed by atoms with E-state index in [1.165, 1.54) is 17.8 Å². The smallest absolute Gasteiger partial charge is 0.114 e. The summed E-state index contributed by atoms with van der Waals surface area (Å²) in [7, 11) is 0. The van der Waals surface area contributed by atoms with E-state index in [9.17, 15) is 0 Å². The molecule has 0 radical (unpaired) electrons. The summed E-state index contributed by atoms with van der Waals surface area (Å²) in [6.45, 7) is 0. The fourth-order valence-electron chi connectivity index (χ4n) is 1.67. The Morgan fingerprint density at radius 2 is 1.94 bits per heavy atom. The summed E-state index contributed by atoms with van der Waals surface area (Å²) in [5.41, 5.74) is 8.07. The van der Waals surface area contributed by atoms with Crippen LogP contribution in [0.3, 0.4) is 0 Å². The van der Waals surface area contributed by atoms with Gasteiger partial charge >= 0.3 is 0 Å². The van der Waals surface area contributed by atoms with Crippen LogP contribution in [0.15, 0.2) is 28.7 Å². The van der Waals surface area contributed by atoms with Crippen LogP contribution in [0.4, 0.5) is 5.00 Å². The number of hydrogen-bond donors (Lipinski definition) is 1. The average molecular weight is 295 g/mol. The maximum atomic E-state index is 6.02. The van der Waals surface area contributed by atoms with Crippen molar-refractivity contribution in [3.05, 3.63) is 33.7 Å². The summed E-state index contributed by atoms with van der Waals surface area (Å²) < 4.78 is 1.08. The van der Waals surface area contributed by atoms with Gasteiger partial charge < -0.3 is 5.73 Å². The molecule has 2 aromatic rings. The van der Waals surface area contributed by atoms with E-state index in [0.29, 0.717) is 5.92 Å². The summed E-state index contributed by atoms with van der Waals surface area (Å²) in [6.07, 6.45) is 2.54. The average Bonchev–Trinajstić information content (AvgIpc) is 3.04. The molecular formula is C12H11BrN2S. The summed E-state index contributed by atoms with van der Waals surface area (Å²) in [4.78, 5) is 4.65. The highest BCUT2D eigenvalue weighted by molar-refractivity contribution is 9.10. The normalized spacial score (nSPS) is 15.3. The Hall–Kier alpha value is -0.870. The third kappa shape index (κ3) is 1.87. The van der Waals surface area contributed by atoms with Crippen molar-refractivity contribution in [3.63, 3.8) is 0 Å². The maximum Gasteiger partial charge on any atom is 0.114 e. The Morgan fingerprint density at radius 1 is 1.25 bits per heavy atom. The lowest BCUT2D eigenvalue weighted by Gasteiger charge is -1.98. The van der Waals surface area contributed by atoms with E-state index in [4.69, 9.17) is 5.73 Å². The molecule has 0 aliphatic heterocycles. The van der Waals surface area contributed by atoms with Crippen LogP contribution < -0.4 is 5.73 Å². The zero-order chi connectivity index (χ0) is 11.1. The Labute approximate surface area is 107 Å². The number of aromatic nitrogens is 1. The molecule has 1 heterocycles. The molecule has 0 unspecified atom stereocenters. The van der Waals surface area contributed by atoms with Crippen LogP contribution in [-0.4, -0.2) is 4.98 Å². The van der Waals surface area contributed by atoms with E-state index in [-0.39, 0.29) is 0 Å². The van der Waals surface area contributed by atoms with Gasteiger partial charge in [0.15, 0.2) is 0 Å². The topological polar surface area (TPSA) is 38.9 Å². The minimum atomic E-state index is 0.677. The monoisotopic (exact) mass is 294 g/mol. The number of thiazole rings is 1. The first-order chi connectivity index (χ1) is 7.74. The van der Waals surface area contributed by atoms with Gasteiger partial charge in [-0.3, -0.25) is 0 Å². The molecule has 0 saturated heterocycles. The number of nitrogens with two attached hydrogens (primary N) is 1. The van der Waals surface area contributed by atoms with Crippen LogP contribution in [0.25, 0.3) is 11.3 Å². The first-order valence-corrected chi connectivity index (χ1v) is 6.87. The van der Waals surface area contributed by atoms with Gasteiger partial charge in [-0.15, -0.1) is 11.3 Å². The second-order valence-electron chi connectivity index (χ2n) is 4.05. The van der Waals surface area contributed by atoms with Crippen LogP contribution >= 0.6 is 27.3 Å². The molecule has 2 N–H and O–H groups in total. The van der Waals surface area contributed by atoms with E-state index in [2.05, 4.69) is 20.9 Å². The molecule has 4 heteroatoms. The molecule has 2 nitrogen and oxygen atoms in total. The van der Waals surface area contributed by atoms with E-state index >= 15 is 0 Å². The van der Waals surface area contributed by atoms with E-state index < -0.39 is 0 Å². The van der Waals surface area contributed by atoms with Gasteiger partial charge in [-0.25, -0.2) is 4.98 Å². The van der Waals surface area contributed by atoms with Gasteiger partial charge in [0, 0.05) is 16.0 Å². The van der Waals surface area contributed by atoms with Crippen LogP contribution in [0.1, 0.15) is 23.8 Å². The number of anilines is 1. The zero-order valence-corrected chi connectivity index (χ0v) is 11.0. The third-order valence-corrected chi connectivity index (χ3v) is 4.29. The molecular weight excluding hydrogens is 284 g/mol. The predicted molar refractivity (Wildman–Crippen MR) is 71.6 cm³/mol. The SMILES string of the molecule is Nc1sc(C2CC2)nc1-c1ccc(Br)cc1. The molecule has 1 aromatic carbocycles. The van der Waals surface area contributed by atoms with Crippen molar-refractivity contribution in [3.8, 4) is 11.3 Å². The van der Waals surface area contributed by atoms with Crippen molar-refractivity contribution in [2.75, 3.05) is 5.73 Å². The first kappa shape index (κ1) is 10.3. The molecule has 1 saturated carbocycles. The minimum absolute atomic E-state index is 0.677. The minimum Gasteiger partial charge on any atom is -0.389 e. The lowest BCUT2D eigenvalue weighted by atomic mass is 10.2. The Bertz CT molecular complexity index is 514. The Kier molecular flexibility index (Phi) is 2.48. The lowest BCUT2D eigenvalue weighted by Crippen LogP contribution is -1.85. The molecule has 0 spiro atoms. The lowest BCUT2D eigenvalue weighted by molar-refractivity contribution is 1.09. The molecule has 0 atom stereocenters. The molecule has 1 fully saturated rings.